The van der Waals surface area contributed by atoms with Crippen LogP contribution in [0, 0.1) is 0 Å². The van der Waals surface area contributed by atoms with Crippen molar-refractivity contribution in [1.29, 1.82) is 0 Å². The van der Waals surface area contributed by atoms with Crippen molar-refractivity contribution in [1.82, 2.24) is 14.9 Å². The molecule has 9 heteroatoms. The van der Waals surface area contributed by atoms with Crippen LogP contribution in [-0.4, -0.2) is 39.5 Å². The van der Waals surface area contributed by atoms with Crippen LogP contribution in [0.5, 0.6) is 17.2 Å². The van der Waals surface area contributed by atoms with Crippen LogP contribution in [0.15, 0.2) is 102 Å². The van der Waals surface area contributed by atoms with Crippen molar-refractivity contribution in [3.05, 3.63) is 108 Å². The van der Waals surface area contributed by atoms with E-state index < -0.39 is 11.1 Å². The Balaban J connectivity index is 1.65. The minimum Gasteiger partial charge on any atom is -0.504 e. The topological polar surface area (TPSA) is 103 Å². The van der Waals surface area contributed by atoms with Crippen LogP contribution in [0.25, 0.3) is 45.7 Å². The van der Waals surface area contributed by atoms with E-state index in [9.17, 15) is 14.7 Å². The number of ether oxygens (including phenoxy) is 2. The predicted octanol–water partition coefficient (Wildman–Crippen LogP) is 7.31. The summed E-state index contributed by atoms with van der Waals surface area (Å²) in [7, 11) is 1.46. The number of benzene rings is 4. The number of methoxy groups -OCH3 is 1. The number of aromatic hydroxyl groups is 1. The van der Waals surface area contributed by atoms with Crippen molar-refractivity contribution in [3.63, 3.8) is 0 Å². The number of phenols is 1. The number of rotatable bonds is 8. The molecular formula is C34H27N3O5S. The standard InChI is InChI=1S/C34H27N3O5S/c1-3-42-26-16-14-25(15-17-26)37-30(22-12-8-5-9-13-22)29(21-10-6-4-7-11-21)35-32(37)24-18-23(31(38)27(19-24)41-2)20-28-33(39)36-34(40)43-28/h4-20,38H,3H2,1-2H3,(H,36,39,40)/b28-20-. The van der Waals surface area contributed by atoms with E-state index >= 15 is 0 Å². The maximum atomic E-state index is 12.3. The van der Waals surface area contributed by atoms with Gasteiger partial charge in [-0.25, -0.2) is 4.98 Å². The van der Waals surface area contributed by atoms with Crippen LogP contribution in [-0.2, 0) is 4.79 Å². The second-order valence-electron chi connectivity index (χ2n) is 9.60. The number of imidazole rings is 1. The summed E-state index contributed by atoms with van der Waals surface area (Å²) in [6.07, 6.45) is 1.48. The fourth-order valence-corrected chi connectivity index (χ4v) is 5.64. The molecule has 1 fully saturated rings. The van der Waals surface area contributed by atoms with Crippen molar-refractivity contribution < 1.29 is 24.2 Å². The molecule has 2 heterocycles. The maximum absolute atomic E-state index is 12.3. The molecule has 1 aliphatic rings. The molecule has 2 N–H and O–H groups in total. The van der Waals surface area contributed by atoms with Gasteiger partial charge in [-0.15, -0.1) is 0 Å². The summed E-state index contributed by atoms with van der Waals surface area (Å²) < 4.78 is 13.3. The average molecular weight is 590 g/mol. The Bertz CT molecular complexity index is 1850. The quantitative estimate of drug-likeness (QED) is 0.183. The Kier molecular flexibility index (Phi) is 7.72. The Morgan fingerprint density at radius 3 is 2.19 bits per heavy atom. The van der Waals surface area contributed by atoms with Gasteiger partial charge < -0.3 is 14.6 Å². The van der Waals surface area contributed by atoms with E-state index in [0.29, 0.717) is 23.6 Å². The second-order valence-corrected chi connectivity index (χ2v) is 10.6. The van der Waals surface area contributed by atoms with Crippen molar-refractivity contribution in [2.24, 2.45) is 0 Å². The molecule has 0 spiro atoms. The number of nitrogens with one attached hydrogen (secondary N) is 1. The zero-order valence-corrected chi connectivity index (χ0v) is 24.2. The molecule has 0 aliphatic carbocycles. The molecular weight excluding hydrogens is 562 g/mol. The molecule has 0 radical (unpaired) electrons. The van der Waals surface area contributed by atoms with Gasteiger partial charge in [0.05, 0.1) is 30.0 Å². The molecule has 43 heavy (non-hydrogen) atoms. The van der Waals surface area contributed by atoms with E-state index in [1.54, 1.807) is 12.1 Å². The third-order valence-electron chi connectivity index (χ3n) is 6.89. The molecule has 8 nitrogen and oxygen atoms in total. The minimum absolute atomic E-state index is 0.155. The van der Waals surface area contributed by atoms with E-state index in [1.807, 2.05) is 91.9 Å². The zero-order chi connectivity index (χ0) is 29.9. The van der Waals surface area contributed by atoms with Gasteiger partial charge in [0, 0.05) is 27.9 Å². The summed E-state index contributed by atoms with van der Waals surface area (Å²) >= 11 is 0.776. The maximum Gasteiger partial charge on any atom is 0.290 e. The normalized spacial score (nSPS) is 13.8. The Labute approximate surface area is 252 Å². The van der Waals surface area contributed by atoms with E-state index in [-0.39, 0.29) is 16.4 Å². The summed E-state index contributed by atoms with van der Waals surface area (Å²) in [4.78, 5) is 29.5. The fourth-order valence-electron chi connectivity index (χ4n) is 4.97. The van der Waals surface area contributed by atoms with Crippen molar-refractivity contribution in [2.45, 2.75) is 6.92 Å². The number of imide groups is 1. The molecule has 0 bridgehead atoms. The summed E-state index contributed by atoms with van der Waals surface area (Å²) in [5.74, 6) is 0.853. The van der Waals surface area contributed by atoms with Crippen molar-refractivity contribution in [2.75, 3.05) is 13.7 Å². The highest BCUT2D eigenvalue weighted by Gasteiger charge is 2.27. The number of aromatic nitrogens is 2. The number of phenolic OH excluding ortho intramolecular Hbond substituents is 1. The van der Waals surface area contributed by atoms with Crippen LogP contribution in [0.3, 0.4) is 0 Å². The van der Waals surface area contributed by atoms with E-state index in [0.717, 1.165) is 45.7 Å². The van der Waals surface area contributed by atoms with Gasteiger partial charge in [0.15, 0.2) is 11.5 Å². The Hall–Kier alpha value is -5.28. The summed E-state index contributed by atoms with van der Waals surface area (Å²) in [5.41, 5.74) is 5.30. The Morgan fingerprint density at radius 2 is 1.58 bits per heavy atom. The van der Waals surface area contributed by atoms with E-state index in [4.69, 9.17) is 14.5 Å². The monoisotopic (exact) mass is 589 g/mol. The number of carbonyl (C=O) groups is 2. The van der Waals surface area contributed by atoms with Gasteiger partial charge in [-0.3, -0.25) is 19.5 Å². The molecule has 4 aromatic carbocycles. The highest BCUT2D eigenvalue weighted by Crippen LogP contribution is 2.42. The van der Waals surface area contributed by atoms with Crippen LogP contribution < -0.4 is 14.8 Å². The van der Waals surface area contributed by atoms with Crippen LogP contribution in [0.2, 0.25) is 0 Å². The minimum atomic E-state index is -0.521. The number of hydrogen-bond acceptors (Lipinski definition) is 7. The molecule has 214 valence electrons. The fraction of sp³-hybridized carbons (Fsp3) is 0.0882. The number of thioether (sulfide) groups is 1. The molecule has 6 rings (SSSR count). The van der Waals surface area contributed by atoms with Gasteiger partial charge in [0.1, 0.15) is 11.6 Å². The first-order chi connectivity index (χ1) is 21.0. The first-order valence-corrected chi connectivity index (χ1v) is 14.4. The van der Waals surface area contributed by atoms with E-state index in [2.05, 4.69) is 9.88 Å². The highest BCUT2D eigenvalue weighted by atomic mass is 32.2. The Morgan fingerprint density at radius 1 is 0.907 bits per heavy atom. The molecule has 0 saturated carbocycles. The van der Waals surface area contributed by atoms with Crippen LogP contribution in [0.4, 0.5) is 4.79 Å². The van der Waals surface area contributed by atoms with Gasteiger partial charge >= 0.3 is 0 Å². The largest absolute Gasteiger partial charge is 0.504 e. The van der Waals surface area contributed by atoms with Gasteiger partial charge in [-0.2, -0.15) is 0 Å². The van der Waals surface area contributed by atoms with Crippen molar-refractivity contribution in [3.8, 4) is 56.8 Å². The first-order valence-electron chi connectivity index (χ1n) is 13.6. The van der Waals surface area contributed by atoms with Gasteiger partial charge in [0.25, 0.3) is 11.1 Å². The lowest BCUT2D eigenvalue weighted by molar-refractivity contribution is -0.115. The first kappa shape index (κ1) is 27.9. The van der Waals surface area contributed by atoms with Crippen LogP contribution in [0.1, 0.15) is 12.5 Å². The summed E-state index contributed by atoms with van der Waals surface area (Å²) in [5, 5.41) is 12.8. The summed E-state index contributed by atoms with van der Waals surface area (Å²) in [6.45, 7) is 2.49. The lowest BCUT2D eigenvalue weighted by Gasteiger charge is -2.16. The lowest BCUT2D eigenvalue weighted by Crippen LogP contribution is -2.17. The number of nitrogens with zero attached hydrogens (tertiary/aromatic N) is 2. The van der Waals surface area contributed by atoms with Gasteiger partial charge in [-0.1, -0.05) is 60.7 Å². The molecule has 0 atom stereocenters. The molecule has 0 unspecified atom stereocenters. The zero-order valence-electron chi connectivity index (χ0n) is 23.4. The number of hydrogen-bond donors (Lipinski definition) is 2. The number of carbonyl (C=O) groups excluding carboxylic acids is 2. The molecule has 5 aromatic rings. The summed E-state index contributed by atoms with van der Waals surface area (Å²) in [6, 6.07) is 31.2. The van der Waals surface area contributed by atoms with Gasteiger partial charge in [-0.05, 0) is 61.2 Å². The van der Waals surface area contributed by atoms with Gasteiger partial charge in [0.2, 0.25) is 0 Å². The van der Waals surface area contributed by atoms with Crippen LogP contribution >= 0.6 is 11.8 Å². The SMILES string of the molecule is CCOc1ccc(-n2c(-c3cc(/C=C4\SC(=O)NC4=O)c(O)c(OC)c3)nc(-c3ccccc3)c2-c2ccccc2)cc1. The average Bonchev–Trinajstić information content (AvgIpc) is 3.58. The number of amides is 2. The molecule has 1 aromatic heterocycles. The molecule has 1 aliphatic heterocycles. The van der Waals surface area contributed by atoms with E-state index in [1.165, 1.54) is 13.2 Å². The lowest BCUT2D eigenvalue weighted by atomic mass is 10.0. The molecule has 2 amide bonds. The second kappa shape index (κ2) is 11.9. The molecule has 1 saturated heterocycles. The third kappa shape index (κ3) is 5.50. The third-order valence-corrected chi connectivity index (χ3v) is 7.70. The smallest absolute Gasteiger partial charge is 0.290 e. The predicted molar refractivity (Wildman–Crippen MR) is 168 cm³/mol. The van der Waals surface area contributed by atoms with Crippen molar-refractivity contribution >= 4 is 29.0 Å². The highest BCUT2D eigenvalue weighted by molar-refractivity contribution is 8.18.